The van der Waals surface area contributed by atoms with Crippen molar-refractivity contribution in [3.63, 3.8) is 0 Å². The highest BCUT2D eigenvalue weighted by atomic mass is 19.1. The molecule has 0 amide bonds. The number of hydrogen-bond acceptors (Lipinski definition) is 4. The van der Waals surface area contributed by atoms with Gasteiger partial charge in [0.25, 0.3) is 0 Å². The highest BCUT2D eigenvalue weighted by Gasteiger charge is 2.20. The van der Waals surface area contributed by atoms with Gasteiger partial charge in [-0.15, -0.1) is 0 Å². The second-order valence-corrected chi connectivity index (χ2v) is 7.07. The largest absolute Gasteiger partial charge is 0.508 e. The van der Waals surface area contributed by atoms with E-state index in [2.05, 4.69) is 0 Å². The molecule has 31 heavy (non-hydrogen) atoms. The first-order chi connectivity index (χ1) is 17.5. The number of carboxylic acid groups (broad SMARTS) is 1. The Labute approximate surface area is 189 Å². The lowest BCUT2D eigenvalue weighted by atomic mass is 10.0. The molecule has 0 saturated heterocycles. The van der Waals surface area contributed by atoms with Gasteiger partial charge in [0.1, 0.15) is 11.6 Å². The fourth-order valence-electron chi connectivity index (χ4n) is 3.46. The Morgan fingerprint density at radius 3 is 2.58 bits per heavy atom. The molecule has 0 spiro atoms. The average molecular weight is 435 g/mol. The van der Waals surface area contributed by atoms with Crippen molar-refractivity contribution in [1.29, 1.82) is 0 Å². The molecule has 0 aliphatic carbocycles. The van der Waals surface area contributed by atoms with Crippen molar-refractivity contribution in [3.8, 4) is 16.9 Å². The van der Waals surface area contributed by atoms with E-state index in [1.54, 1.807) is 0 Å². The lowest BCUT2D eigenvalue weighted by Gasteiger charge is -2.15. The summed E-state index contributed by atoms with van der Waals surface area (Å²) in [7, 11) is 0. The molecule has 6 nitrogen and oxygen atoms in total. The number of carbonyl (C=O) groups is 1. The predicted octanol–water partition coefficient (Wildman–Crippen LogP) is 4.33. The normalized spacial score (nSPS) is 18.4. The minimum Gasteiger partial charge on any atom is -0.508 e. The second-order valence-electron chi connectivity index (χ2n) is 7.07. The van der Waals surface area contributed by atoms with E-state index < -0.39 is 56.6 Å². The Morgan fingerprint density at radius 2 is 1.94 bits per heavy atom. The second kappa shape index (κ2) is 9.32. The summed E-state index contributed by atoms with van der Waals surface area (Å²) in [5.41, 5.74) is 0.241. The SMILES string of the molecule is [2H]C([2H])([2H])C([2H])(n1c(/C=C/[C@H](O)C[C@H](O)CC(=O)O)c(-c2ccc(F)cc2)c2cc(O)ccc21)C([2H])([2H])[2H]. The van der Waals surface area contributed by atoms with E-state index in [1.807, 2.05) is 0 Å². The molecule has 1 aromatic heterocycles. The summed E-state index contributed by atoms with van der Waals surface area (Å²) in [6, 6.07) is 5.37. The van der Waals surface area contributed by atoms with E-state index in [1.165, 1.54) is 30.3 Å². The summed E-state index contributed by atoms with van der Waals surface area (Å²) in [5.74, 6) is -2.12. The van der Waals surface area contributed by atoms with Crippen LogP contribution in [0.3, 0.4) is 0 Å². The molecular formula is C24H26FNO5. The quantitative estimate of drug-likeness (QED) is 0.423. The fourth-order valence-corrected chi connectivity index (χ4v) is 3.46. The smallest absolute Gasteiger partial charge is 0.305 e. The van der Waals surface area contributed by atoms with Gasteiger partial charge in [-0.2, -0.15) is 0 Å². The molecule has 0 saturated carbocycles. The number of aliphatic hydroxyl groups excluding tert-OH is 2. The lowest BCUT2D eigenvalue weighted by molar-refractivity contribution is -0.139. The standard InChI is InChI=1S/C24H26FNO5/c1-14(2)26-21-9-7-18(28)12-20(21)24(15-3-5-16(25)6-4-15)22(26)10-8-17(27)11-19(29)13-23(30)31/h3-10,12,14,17,19,27-29H,11,13H2,1-2H3,(H,30,31)/b10-8+/t17-,19-/m0/s1/i1D3,2D3,14D. The number of aromatic nitrogens is 1. The Hall–Kier alpha value is -3.16. The number of aliphatic carboxylic acids is 1. The summed E-state index contributed by atoms with van der Waals surface area (Å²) >= 11 is 0. The number of aliphatic hydroxyl groups is 2. The van der Waals surface area contributed by atoms with E-state index in [4.69, 9.17) is 14.7 Å². The van der Waals surface area contributed by atoms with Crippen LogP contribution in [0.1, 0.15) is 47.9 Å². The molecular weight excluding hydrogens is 401 g/mol. The number of hydrogen-bond donors (Lipinski definition) is 4. The predicted molar refractivity (Wildman–Crippen MR) is 117 cm³/mol. The third-order valence-electron chi connectivity index (χ3n) is 4.74. The van der Waals surface area contributed by atoms with Crippen molar-refractivity contribution >= 4 is 22.9 Å². The van der Waals surface area contributed by atoms with Crippen LogP contribution in [0.2, 0.25) is 0 Å². The number of nitrogens with zero attached hydrogens (tertiary/aromatic N) is 1. The number of phenolic OH excluding ortho intramolecular Hbond substituents is 1. The maximum atomic E-state index is 13.7. The van der Waals surface area contributed by atoms with Gasteiger partial charge in [-0.25, -0.2) is 4.39 Å². The zero-order valence-corrected chi connectivity index (χ0v) is 16.3. The van der Waals surface area contributed by atoms with Crippen LogP contribution in [0.25, 0.3) is 28.1 Å². The molecule has 2 aromatic carbocycles. The van der Waals surface area contributed by atoms with Crippen LogP contribution in [-0.2, 0) is 4.79 Å². The first kappa shape index (κ1) is 14.8. The summed E-state index contributed by atoms with van der Waals surface area (Å²) < 4.78 is 71.4. The summed E-state index contributed by atoms with van der Waals surface area (Å²) in [5, 5.41) is 39.5. The highest BCUT2D eigenvalue weighted by Crippen LogP contribution is 2.39. The first-order valence-electron chi connectivity index (χ1n) is 12.9. The molecule has 0 unspecified atom stereocenters. The maximum absolute atomic E-state index is 13.7. The Bertz CT molecular complexity index is 1340. The van der Waals surface area contributed by atoms with Gasteiger partial charge in [0, 0.05) is 42.8 Å². The van der Waals surface area contributed by atoms with E-state index in [9.17, 15) is 24.5 Å². The van der Waals surface area contributed by atoms with Crippen LogP contribution in [0.4, 0.5) is 4.39 Å². The molecule has 3 rings (SSSR count). The van der Waals surface area contributed by atoms with E-state index >= 15 is 0 Å². The highest BCUT2D eigenvalue weighted by molar-refractivity contribution is 6.01. The number of halogens is 1. The molecule has 164 valence electrons. The van der Waals surface area contributed by atoms with Crippen molar-refractivity contribution in [2.45, 2.75) is 44.8 Å². The van der Waals surface area contributed by atoms with Gasteiger partial charge in [-0.05, 0) is 55.7 Å². The number of carboxylic acids is 1. The van der Waals surface area contributed by atoms with Gasteiger partial charge in [-0.1, -0.05) is 18.2 Å². The molecule has 0 fully saturated rings. The molecule has 0 aliphatic rings. The van der Waals surface area contributed by atoms with E-state index in [0.717, 1.165) is 28.9 Å². The lowest BCUT2D eigenvalue weighted by Crippen LogP contribution is -2.19. The van der Waals surface area contributed by atoms with Crippen molar-refractivity contribution < 1.29 is 39.2 Å². The third-order valence-corrected chi connectivity index (χ3v) is 4.74. The van der Waals surface area contributed by atoms with Crippen LogP contribution < -0.4 is 0 Å². The van der Waals surface area contributed by atoms with Crippen molar-refractivity contribution in [2.75, 3.05) is 0 Å². The molecule has 0 bridgehead atoms. The molecule has 3 aromatic rings. The van der Waals surface area contributed by atoms with Crippen LogP contribution in [-0.4, -0.2) is 43.2 Å². The summed E-state index contributed by atoms with van der Waals surface area (Å²) in [6.45, 7) is -6.80. The summed E-state index contributed by atoms with van der Waals surface area (Å²) in [4.78, 5) is 10.8. The van der Waals surface area contributed by atoms with Crippen LogP contribution in [0.5, 0.6) is 5.75 Å². The van der Waals surface area contributed by atoms with Crippen molar-refractivity contribution in [1.82, 2.24) is 4.57 Å². The zero-order valence-electron chi connectivity index (χ0n) is 23.3. The van der Waals surface area contributed by atoms with Gasteiger partial charge >= 0.3 is 5.97 Å². The number of rotatable bonds is 8. The molecule has 1 heterocycles. The third kappa shape index (κ3) is 5.13. The van der Waals surface area contributed by atoms with Gasteiger partial charge in [0.15, 0.2) is 0 Å². The summed E-state index contributed by atoms with van der Waals surface area (Å²) in [6.07, 6.45) is -1.63. The minimum atomic E-state index is -3.40. The monoisotopic (exact) mass is 434 g/mol. The molecule has 2 atom stereocenters. The van der Waals surface area contributed by atoms with Gasteiger partial charge in [0.05, 0.1) is 20.0 Å². The minimum absolute atomic E-state index is 0.0376. The molecule has 7 heteroatoms. The maximum Gasteiger partial charge on any atom is 0.305 e. The molecule has 0 radical (unpaired) electrons. The molecule has 4 N–H and O–H groups in total. The Balaban J connectivity index is 2.39. The van der Waals surface area contributed by atoms with Crippen molar-refractivity contribution in [3.05, 3.63) is 60.1 Å². The molecule has 0 aliphatic heterocycles. The first-order valence-corrected chi connectivity index (χ1v) is 9.37. The van der Waals surface area contributed by atoms with E-state index in [-0.39, 0.29) is 27.9 Å². The number of phenols is 1. The van der Waals surface area contributed by atoms with E-state index in [0.29, 0.717) is 5.56 Å². The fraction of sp³-hybridized carbons (Fsp3) is 0.292. The topological polar surface area (TPSA) is 103 Å². The average Bonchev–Trinajstić information content (AvgIpc) is 3.08. The van der Waals surface area contributed by atoms with Crippen LogP contribution in [0, 0.1) is 5.82 Å². The van der Waals surface area contributed by atoms with Crippen molar-refractivity contribution in [2.24, 2.45) is 0 Å². The number of aromatic hydroxyl groups is 1. The van der Waals surface area contributed by atoms with Crippen LogP contribution in [0.15, 0.2) is 48.5 Å². The number of fused-ring (bicyclic) bond motifs is 1. The van der Waals surface area contributed by atoms with Gasteiger partial charge < -0.3 is 25.0 Å². The van der Waals surface area contributed by atoms with Gasteiger partial charge in [-0.3, -0.25) is 4.79 Å². The zero-order chi connectivity index (χ0) is 28.6. The Kier molecular flexibility index (Phi) is 4.44. The van der Waals surface area contributed by atoms with Crippen LogP contribution >= 0.6 is 0 Å². The van der Waals surface area contributed by atoms with Gasteiger partial charge in [0.2, 0.25) is 0 Å². The Morgan fingerprint density at radius 1 is 1.23 bits per heavy atom. The number of benzene rings is 2.